The van der Waals surface area contributed by atoms with E-state index in [4.69, 9.17) is 4.74 Å². The van der Waals surface area contributed by atoms with Crippen molar-refractivity contribution in [2.75, 3.05) is 0 Å². The maximum atomic E-state index is 12.3. The van der Waals surface area contributed by atoms with Gasteiger partial charge in [-0.05, 0) is 65.2 Å². The van der Waals surface area contributed by atoms with Crippen LogP contribution >= 0.6 is 0 Å². The predicted octanol–water partition coefficient (Wildman–Crippen LogP) is 2.85. The second-order valence-electron chi connectivity index (χ2n) is 8.03. The molecule has 2 aliphatic rings. The molecule has 0 spiro atoms. The molecule has 4 atom stereocenters. The number of ether oxygens (including phenoxy) is 1. The van der Waals surface area contributed by atoms with E-state index in [1.165, 1.54) is 6.92 Å². The Balaban J connectivity index is 2.27. The third-order valence-electron chi connectivity index (χ3n) is 5.67. The van der Waals surface area contributed by atoms with Crippen LogP contribution in [0.2, 0.25) is 0 Å². The summed E-state index contributed by atoms with van der Waals surface area (Å²) in [5.74, 6) is -0.867. The maximum absolute atomic E-state index is 12.3. The van der Waals surface area contributed by atoms with Crippen molar-refractivity contribution in [2.24, 2.45) is 5.92 Å². The highest BCUT2D eigenvalue weighted by atomic mass is 16.6. The second-order valence-corrected chi connectivity index (χ2v) is 8.03. The topological polar surface area (TPSA) is 83.8 Å². The van der Waals surface area contributed by atoms with E-state index in [0.717, 1.165) is 5.57 Å². The molecule has 1 heterocycles. The number of rotatable bonds is 0. The quantitative estimate of drug-likeness (QED) is 0.399. The standard InChI is InChI=1S/C20H30O5/c1-13-6-5-10-20(4,24)17-12-15(14(2)18(22)25-17)9-11-19(3,23)16(21)8-7-13/h6,15,17,23-24H,2,5,7-12H2,1,3-4H3. The highest BCUT2D eigenvalue weighted by molar-refractivity contribution is 5.89. The highest BCUT2D eigenvalue weighted by Gasteiger charge is 2.42. The monoisotopic (exact) mass is 350 g/mol. The summed E-state index contributed by atoms with van der Waals surface area (Å²) in [7, 11) is 0. The van der Waals surface area contributed by atoms with Gasteiger partial charge >= 0.3 is 5.97 Å². The molecule has 25 heavy (non-hydrogen) atoms. The average molecular weight is 350 g/mol. The highest BCUT2D eigenvalue weighted by Crippen LogP contribution is 2.37. The van der Waals surface area contributed by atoms with E-state index in [-0.39, 0.29) is 18.1 Å². The largest absolute Gasteiger partial charge is 0.456 e. The van der Waals surface area contributed by atoms with Gasteiger partial charge in [0.2, 0.25) is 0 Å². The van der Waals surface area contributed by atoms with Crippen LogP contribution in [0.4, 0.5) is 0 Å². The first-order valence-electron chi connectivity index (χ1n) is 9.06. The molecular formula is C20H30O5. The van der Waals surface area contributed by atoms with E-state index in [1.54, 1.807) is 6.92 Å². The first kappa shape index (κ1) is 19.9. The predicted molar refractivity (Wildman–Crippen MR) is 94.8 cm³/mol. The molecule has 140 valence electrons. The van der Waals surface area contributed by atoms with Crippen LogP contribution in [0.5, 0.6) is 0 Å². The van der Waals surface area contributed by atoms with Crippen molar-refractivity contribution >= 4 is 11.8 Å². The van der Waals surface area contributed by atoms with Crippen LogP contribution in [0.3, 0.4) is 0 Å². The van der Waals surface area contributed by atoms with Gasteiger partial charge in [-0.2, -0.15) is 0 Å². The second kappa shape index (κ2) is 7.42. The molecule has 2 bridgehead atoms. The van der Waals surface area contributed by atoms with Crippen molar-refractivity contribution in [3.8, 4) is 0 Å². The summed E-state index contributed by atoms with van der Waals surface area (Å²) in [4.78, 5) is 24.5. The Morgan fingerprint density at radius 1 is 1.20 bits per heavy atom. The Hall–Kier alpha value is -1.46. The van der Waals surface area contributed by atoms with Crippen LogP contribution < -0.4 is 0 Å². The Kier molecular flexibility index (Phi) is 5.89. The van der Waals surface area contributed by atoms with Crippen molar-refractivity contribution in [1.82, 2.24) is 0 Å². The summed E-state index contributed by atoms with van der Waals surface area (Å²) >= 11 is 0. The van der Waals surface area contributed by atoms with Crippen LogP contribution in [0, 0.1) is 5.92 Å². The maximum Gasteiger partial charge on any atom is 0.334 e. The third-order valence-corrected chi connectivity index (χ3v) is 5.67. The molecule has 1 aliphatic heterocycles. The minimum absolute atomic E-state index is 0.176. The number of hydrogen-bond donors (Lipinski definition) is 2. The number of carbonyl (C=O) groups is 2. The number of hydrogen-bond acceptors (Lipinski definition) is 5. The number of fused-ring (bicyclic) bond motifs is 2. The molecule has 0 saturated carbocycles. The first-order valence-corrected chi connectivity index (χ1v) is 9.06. The lowest BCUT2D eigenvalue weighted by Crippen LogP contribution is -2.47. The summed E-state index contributed by atoms with van der Waals surface area (Å²) in [5.41, 5.74) is -1.11. The third kappa shape index (κ3) is 4.79. The molecule has 0 amide bonds. The normalized spacial score (nSPS) is 38.6. The van der Waals surface area contributed by atoms with Crippen molar-refractivity contribution in [3.63, 3.8) is 0 Å². The molecule has 5 nitrogen and oxygen atoms in total. The van der Waals surface area contributed by atoms with Gasteiger partial charge in [0, 0.05) is 12.0 Å². The van der Waals surface area contributed by atoms with E-state index in [0.29, 0.717) is 44.1 Å². The zero-order chi connectivity index (χ0) is 18.8. The fraction of sp³-hybridized carbons (Fsp3) is 0.700. The lowest BCUT2D eigenvalue weighted by Gasteiger charge is -2.39. The van der Waals surface area contributed by atoms with Gasteiger partial charge in [-0.3, -0.25) is 4.79 Å². The molecule has 4 unspecified atom stereocenters. The molecule has 0 aromatic carbocycles. The molecule has 2 N–H and O–H groups in total. The Bertz CT molecular complexity index is 585. The van der Waals surface area contributed by atoms with Crippen molar-refractivity contribution in [2.45, 2.75) is 83.0 Å². The van der Waals surface area contributed by atoms with Crippen LogP contribution in [-0.4, -0.2) is 39.3 Å². The van der Waals surface area contributed by atoms with Gasteiger partial charge in [0.25, 0.3) is 0 Å². The Morgan fingerprint density at radius 3 is 2.56 bits per heavy atom. The molecule has 0 radical (unpaired) electrons. The smallest absolute Gasteiger partial charge is 0.334 e. The van der Waals surface area contributed by atoms with E-state index in [9.17, 15) is 19.8 Å². The van der Waals surface area contributed by atoms with Crippen molar-refractivity contribution < 1.29 is 24.5 Å². The lowest BCUT2D eigenvalue weighted by atomic mass is 9.78. The molecule has 1 fully saturated rings. The van der Waals surface area contributed by atoms with Crippen molar-refractivity contribution in [3.05, 3.63) is 23.8 Å². The van der Waals surface area contributed by atoms with Gasteiger partial charge in [0.1, 0.15) is 11.7 Å². The summed E-state index contributed by atoms with van der Waals surface area (Å²) < 4.78 is 5.41. The Labute approximate surface area is 149 Å². The van der Waals surface area contributed by atoms with Gasteiger partial charge in [0.15, 0.2) is 5.78 Å². The number of allylic oxidation sites excluding steroid dienone is 2. The number of ketones is 1. The summed E-state index contributed by atoms with van der Waals surface area (Å²) in [6.07, 6.45) is 4.61. The van der Waals surface area contributed by atoms with Crippen LogP contribution in [-0.2, 0) is 14.3 Å². The lowest BCUT2D eigenvalue weighted by molar-refractivity contribution is -0.168. The average Bonchev–Trinajstić information content (AvgIpc) is 2.52. The molecule has 2 rings (SSSR count). The number of carbonyl (C=O) groups excluding carboxylic acids is 2. The number of aliphatic hydroxyl groups is 2. The van der Waals surface area contributed by atoms with Gasteiger partial charge in [-0.25, -0.2) is 4.79 Å². The Morgan fingerprint density at radius 2 is 1.88 bits per heavy atom. The molecule has 1 saturated heterocycles. The minimum Gasteiger partial charge on any atom is -0.456 e. The van der Waals surface area contributed by atoms with E-state index in [2.05, 4.69) is 6.58 Å². The van der Waals surface area contributed by atoms with Gasteiger partial charge < -0.3 is 14.9 Å². The van der Waals surface area contributed by atoms with Crippen LogP contribution in [0.15, 0.2) is 23.8 Å². The molecule has 0 aromatic rings. The van der Waals surface area contributed by atoms with Gasteiger partial charge in [-0.15, -0.1) is 0 Å². The minimum atomic E-state index is -1.41. The summed E-state index contributed by atoms with van der Waals surface area (Å²) in [6, 6.07) is 0. The van der Waals surface area contributed by atoms with E-state index < -0.39 is 23.3 Å². The van der Waals surface area contributed by atoms with Crippen molar-refractivity contribution in [1.29, 1.82) is 0 Å². The molecular weight excluding hydrogens is 320 g/mol. The number of Topliss-reactive ketones (excluding diaryl/α,β-unsaturated/α-hetero) is 1. The molecule has 0 aromatic heterocycles. The summed E-state index contributed by atoms with van der Waals surface area (Å²) in [5, 5.41) is 21.3. The van der Waals surface area contributed by atoms with E-state index >= 15 is 0 Å². The first-order chi connectivity index (χ1) is 11.5. The molecule has 5 heteroatoms. The number of esters is 1. The fourth-order valence-corrected chi connectivity index (χ4v) is 3.54. The zero-order valence-electron chi connectivity index (χ0n) is 15.5. The van der Waals surface area contributed by atoms with Gasteiger partial charge in [0.05, 0.1) is 5.60 Å². The van der Waals surface area contributed by atoms with Gasteiger partial charge in [-0.1, -0.05) is 18.2 Å². The fourth-order valence-electron chi connectivity index (χ4n) is 3.54. The van der Waals surface area contributed by atoms with E-state index in [1.807, 2.05) is 13.0 Å². The van der Waals surface area contributed by atoms with Crippen LogP contribution in [0.25, 0.3) is 0 Å². The summed E-state index contributed by atoms with van der Waals surface area (Å²) in [6.45, 7) is 9.00. The van der Waals surface area contributed by atoms with Crippen LogP contribution in [0.1, 0.15) is 65.7 Å². The molecule has 1 aliphatic carbocycles. The zero-order valence-corrected chi connectivity index (χ0v) is 15.5. The SMILES string of the molecule is C=C1C(=O)OC2CC1CCC(C)(O)C(=O)CCC(C)=CCCC2(C)O.